The van der Waals surface area contributed by atoms with Gasteiger partial charge in [0.2, 0.25) is 0 Å². The highest BCUT2D eigenvalue weighted by Crippen LogP contribution is 2.15. The Morgan fingerprint density at radius 1 is 1.11 bits per heavy atom. The predicted molar refractivity (Wildman–Crippen MR) is 81.9 cm³/mol. The van der Waals surface area contributed by atoms with E-state index in [1.807, 2.05) is 23.5 Å². The van der Waals surface area contributed by atoms with Crippen LogP contribution in [-0.2, 0) is 12.8 Å². The van der Waals surface area contributed by atoms with Crippen LogP contribution < -0.4 is 10.5 Å². The third-order valence-corrected chi connectivity index (χ3v) is 4.24. The Labute approximate surface area is 119 Å². The summed E-state index contributed by atoms with van der Waals surface area (Å²) in [5.41, 5.74) is 7.50. The van der Waals surface area contributed by atoms with Crippen molar-refractivity contribution in [3.63, 3.8) is 0 Å². The van der Waals surface area contributed by atoms with Crippen molar-refractivity contribution < 1.29 is 4.74 Å². The number of aryl methyl sites for hydroxylation is 2. The SMILES string of the molecule is COc1ccc(CCC(N)CCc2cccs2)cc1. The zero-order valence-electron chi connectivity index (χ0n) is 11.3. The summed E-state index contributed by atoms with van der Waals surface area (Å²) in [6.45, 7) is 0. The van der Waals surface area contributed by atoms with Crippen LogP contribution in [0.15, 0.2) is 41.8 Å². The first-order chi connectivity index (χ1) is 9.28. The highest BCUT2D eigenvalue weighted by Gasteiger charge is 2.04. The summed E-state index contributed by atoms with van der Waals surface area (Å²) in [5.74, 6) is 0.908. The van der Waals surface area contributed by atoms with Gasteiger partial charge in [-0.3, -0.25) is 0 Å². The molecule has 1 aromatic heterocycles. The van der Waals surface area contributed by atoms with Crippen molar-refractivity contribution in [1.82, 2.24) is 0 Å². The van der Waals surface area contributed by atoms with Gasteiger partial charge in [-0.15, -0.1) is 11.3 Å². The molecule has 19 heavy (non-hydrogen) atoms. The van der Waals surface area contributed by atoms with Crippen LogP contribution in [0.1, 0.15) is 23.3 Å². The first-order valence-corrected chi connectivity index (χ1v) is 7.57. The van der Waals surface area contributed by atoms with Crippen molar-refractivity contribution in [2.45, 2.75) is 31.7 Å². The lowest BCUT2D eigenvalue weighted by Gasteiger charge is -2.11. The Morgan fingerprint density at radius 3 is 2.47 bits per heavy atom. The van der Waals surface area contributed by atoms with Crippen molar-refractivity contribution in [2.24, 2.45) is 5.73 Å². The number of hydrogen-bond donors (Lipinski definition) is 1. The summed E-state index contributed by atoms with van der Waals surface area (Å²) in [6.07, 6.45) is 4.24. The average molecular weight is 275 g/mol. The summed E-state index contributed by atoms with van der Waals surface area (Å²) in [6, 6.07) is 12.8. The number of rotatable bonds is 7. The molecule has 2 N–H and O–H groups in total. The Morgan fingerprint density at radius 2 is 1.84 bits per heavy atom. The molecule has 0 aliphatic carbocycles. The molecular weight excluding hydrogens is 254 g/mol. The minimum atomic E-state index is 0.282. The summed E-state index contributed by atoms with van der Waals surface area (Å²) in [4.78, 5) is 1.43. The van der Waals surface area contributed by atoms with Gasteiger partial charge in [-0.1, -0.05) is 18.2 Å². The van der Waals surface area contributed by atoms with Gasteiger partial charge in [0.25, 0.3) is 0 Å². The van der Waals surface area contributed by atoms with Gasteiger partial charge in [-0.25, -0.2) is 0 Å². The number of nitrogens with two attached hydrogens (primary N) is 1. The predicted octanol–water partition coefficient (Wildman–Crippen LogP) is 3.65. The van der Waals surface area contributed by atoms with E-state index in [1.165, 1.54) is 10.4 Å². The molecule has 2 rings (SSSR count). The first-order valence-electron chi connectivity index (χ1n) is 6.69. The van der Waals surface area contributed by atoms with Crippen molar-refractivity contribution in [1.29, 1.82) is 0 Å². The maximum Gasteiger partial charge on any atom is 0.118 e. The largest absolute Gasteiger partial charge is 0.497 e. The molecule has 0 amide bonds. The lowest BCUT2D eigenvalue weighted by atomic mass is 10.0. The maximum atomic E-state index is 6.17. The molecule has 1 unspecified atom stereocenters. The molecule has 1 aromatic carbocycles. The minimum absolute atomic E-state index is 0.282. The number of thiophene rings is 1. The number of methoxy groups -OCH3 is 1. The van der Waals surface area contributed by atoms with Gasteiger partial charge in [0.05, 0.1) is 7.11 Å². The van der Waals surface area contributed by atoms with Gasteiger partial charge in [-0.05, 0) is 54.8 Å². The fourth-order valence-electron chi connectivity index (χ4n) is 2.07. The van der Waals surface area contributed by atoms with Crippen LogP contribution in [0.2, 0.25) is 0 Å². The molecule has 2 nitrogen and oxygen atoms in total. The fraction of sp³-hybridized carbons (Fsp3) is 0.375. The molecule has 0 aliphatic heterocycles. The summed E-state index contributed by atoms with van der Waals surface area (Å²) >= 11 is 1.81. The van der Waals surface area contributed by atoms with Gasteiger partial charge in [0.15, 0.2) is 0 Å². The normalized spacial score (nSPS) is 12.3. The summed E-state index contributed by atoms with van der Waals surface area (Å²) in [7, 11) is 1.69. The van der Waals surface area contributed by atoms with Crippen LogP contribution in [0.5, 0.6) is 5.75 Å². The van der Waals surface area contributed by atoms with E-state index in [2.05, 4.69) is 29.6 Å². The van der Waals surface area contributed by atoms with Crippen molar-refractivity contribution >= 4 is 11.3 Å². The van der Waals surface area contributed by atoms with Gasteiger partial charge in [0.1, 0.15) is 5.75 Å². The topological polar surface area (TPSA) is 35.2 Å². The van der Waals surface area contributed by atoms with E-state index in [0.717, 1.165) is 31.4 Å². The number of hydrogen-bond acceptors (Lipinski definition) is 3. The molecule has 102 valence electrons. The zero-order chi connectivity index (χ0) is 13.5. The lowest BCUT2D eigenvalue weighted by Crippen LogP contribution is -2.21. The summed E-state index contributed by atoms with van der Waals surface area (Å²) < 4.78 is 5.15. The molecule has 0 saturated carbocycles. The average Bonchev–Trinajstić information content (AvgIpc) is 2.96. The molecule has 0 fully saturated rings. The van der Waals surface area contributed by atoms with Crippen LogP contribution >= 0.6 is 11.3 Å². The Kier molecular flexibility index (Phi) is 5.43. The van der Waals surface area contributed by atoms with Crippen LogP contribution in [0, 0.1) is 0 Å². The van der Waals surface area contributed by atoms with Crippen molar-refractivity contribution in [2.75, 3.05) is 7.11 Å². The highest BCUT2D eigenvalue weighted by molar-refractivity contribution is 7.09. The molecule has 0 aliphatic rings. The second-order valence-corrected chi connectivity index (χ2v) is 5.80. The quantitative estimate of drug-likeness (QED) is 0.837. The second kappa shape index (κ2) is 7.31. The molecule has 0 bridgehead atoms. The zero-order valence-corrected chi connectivity index (χ0v) is 12.2. The molecule has 2 aromatic rings. The minimum Gasteiger partial charge on any atom is -0.497 e. The van der Waals surface area contributed by atoms with Gasteiger partial charge < -0.3 is 10.5 Å². The Bertz CT molecular complexity index is 464. The van der Waals surface area contributed by atoms with Crippen molar-refractivity contribution in [3.8, 4) is 5.75 Å². The molecule has 0 radical (unpaired) electrons. The molecule has 0 spiro atoms. The standard InChI is InChI=1S/C16H21NOS/c1-18-15-9-5-13(6-10-15)4-7-14(17)8-11-16-3-2-12-19-16/h2-3,5-6,9-10,12,14H,4,7-8,11,17H2,1H3. The maximum absolute atomic E-state index is 6.17. The number of benzene rings is 1. The molecular formula is C16H21NOS. The van der Waals surface area contributed by atoms with E-state index in [0.29, 0.717) is 0 Å². The van der Waals surface area contributed by atoms with E-state index in [-0.39, 0.29) is 6.04 Å². The third-order valence-electron chi connectivity index (χ3n) is 3.30. The highest BCUT2D eigenvalue weighted by atomic mass is 32.1. The first kappa shape index (κ1) is 14.1. The molecule has 1 atom stereocenters. The molecule has 1 heterocycles. The van der Waals surface area contributed by atoms with E-state index in [4.69, 9.17) is 10.5 Å². The van der Waals surface area contributed by atoms with E-state index >= 15 is 0 Å². The van der Waals surface area contributed by atoms with Gasteiger partial charge >= 0.3 is 0 Å². The molecule has 0 saturated heterocycles. The lowest BCUT2D eigenvalue weighted by molar-refractivity contribution is 0.414. The fourth-order valence-corrected chi connectivity index (χ4v) is 2.80. The second-order valence-electron chi connectivity index (χ2n) is 4.76. The Hall–Kier alpha value is -1.32. The van der Waals surface area contributed by atoms with Crippen LogP contribution in [-0.4, -0.2) is 13.2 Å². The third kappa shape index (κ3) is 4.69. The van der Waals surface area contributed by atoms with Crippen LogP contribution in [0.25, 0.3) is 0 Å². The molecule has 3 heteroatoms. The number of ether oxygens (including phenoxy) is 1. The van der Waals surface area contributed by atoms with Crippen LogP contribution in [0.4, 0.5) is 0 Å². The smallest absolute Gasteiger partial charge is 0.118 e. The van der Waals surface area contributed by atoms with Crippen molar-refractivity contribution in [3.05, 3.63) is 52.2 Å². The van der Waals surface area contributed by atoms with E-state index in [1.54, 1.807) is 7.11 Å². The van der Waals surface area contributed by atoms with E-state index < -0.39 is 0 Å². The van der Waals surface area contributed by atoms with E-state index in [9.17, 15) is 0 Å². The monoisotopic (exact) mass is 275 g/mol. The summed E-state index contributed by atoms with van der Waals surface area (Å²) in [5, 5.41) is 2.12. The Balaban J connectivity index is 1.71. The van der Waals surface area contributed by atoms with Gasteiger partial charge in [-0.2, -0.15) is 0 Å². The van der Waals surface area contributed by atoms with Crippen LogP contribution in [0.3, 0.4) is 0 Å². The van der Waals surface area contributed by atoms with Gasteiger partial charge in [0, 0.05) is 10.9 Å².